The summed E-state index contributed by atoms with van der Waals surface area (Å²) in [7, 11) is 0. The van der Waals surface area contributed by atoms with Crippen LogP contribution in [0.3, 0.4) is 0 Å². The van der Waals surface area contributed by atoms with E-state index < -0.39 is 0 Å². The van der Waals surface area contributed by atoms with Crippen molar-refractivity contribution in [3.05, 3.63) is 0 Å². The van der Waals surface area contributed by atoms with Crippen LogP contribution in [0.15, 0.2) is 4.99 Å². The minimum atomic E-state index is -0.276. The predicted octanol–water partition coefficient (Wildman–Crippen LogP) is 1.91. The second-order valence-corrected chi connectivity index (χ2v) is 3.05. The van der Waals surface area contributed by atoms with E-state index in [0.717, 1.165) is 12.8 Å². The summed E-state index contributed by atoms with van der Waals surface area (Å²) in [5, 5.41) is 0. The molecule has 0 radical (unpaired) electrons. The van der Waals surface area contributed by atoms with Gasteiger partial charge >= 0.3 is 0 Å². The third kappa shape index (κ3) is 2.64. The van der Waals surface area contributed by atoms with Gasteiger partial charge < -0.3 is 4.74 Å². The van der Waals surface area contributed by atoms with E-state index in [2.05, 4.69) is 11.9 Å². The molecule has 0 aromatic heterocycles. The molecule has 0 fully saturated rings. The minimum Gasteiger partial charge on any atom is -0.470 e. The molecule has 1 rings (SSSR count). The highest BCUT2D eigenvalue weighted by Crippen LogP contribution is 2.11. The monoisotopic (exact) mass is 169 g/mol. The van der Waals surface area contributed by atoms with Crippen molar-refractivity contribution in [1.29, 1.82) is 0 Å². The highest BCUT2D eigenvalue weighted by molar-refractivity contribution is 5.91. The van der Waals surface area contributed by atoms with Crippen molar-refractivity contribution in [2.45, 2.75) is 45.1 Å². The summed E-state index contributed by atoms with van der Waals surface area (Å²) >= 11 is 0. The first-order valence-corrected chi connectivity index (χ1v) is 4.56. The Kier molecular flexibility index (Phi) is 3.77. The normalized spacial score (nSPS) is 21.4. The van der Waals surface area contributed by atoms with Crippen LogP contribution in [0.5, 0.6) is 0 Å². The van der Waals surface area contributed by atoms with Crippen LogP contribution in [0.2, 0.25) is 0 Å². The van der Waals surface area contributed by atoms with Crippen LogP contribution in [0.1, 0.15) is 39.0 Å². The van der Waals surface area contributed by atoms with Gasteiger partial charge in [0.15, 0.2) is 12.5 Å². The Hall–Kier alpha value is -0.860. The molecular weight excluding hydrogens is 154 g/mol. The third-order valence-corrected chi connectivity index (χ3v) is 2.00. The fourth-order valence-corrected chi connectivity index (χ4v) is 1.25. The highest BCUT2D eigenvalue weighted by Gasteiger charge is 2.21. The van der Waals surface area contributed by atoms with Crippen LogP contribution in [0.25, 0.3) is 0 Å². The molecule has 3 heteroatoms. The Balaban J connectivity index is 2.04. The lowest BCUT2D eigenvalue weighted by molar-refractivity contribution is -0.122. The average Bonchev–Trinajstić information content (AvgIpc) is 2.46. The Labute approximate surface area is 72.8 Å². The number of carbonyl (C=O) groups is 1. The van der Waals surface area contributed by atoms with Crippen molar-refractivity contribution in [3.63, 3.8) is 0 Å². The first-order valence-electron chi connectivity index (χ1n) is 4.56. The zero-order valence-corrected chi connectivity index (χ0v) is 7.45. The van der Waals surface area contributed by atoms with Gasteiger partial charge in [-0.15, -0.1) is 0 Å². The molecule has 0 saturated heterocycles. The van der Waals surface area contributed by atoms with Gasteiger partial charge in [0.2, 0.25) is 0 Å². The van der Waals surface area contributed by atoms with Crippen molar-refractivity contribution < 1.29 is 9.53 Å². The number of amides is 1. The summed E-state index contributed by atoms with van der Waals surface area (Å²) in [6, 6.07) is 0. The molecule has 0 aromatic carbocycles. The van der Waals surface area contributed by atoms with E-state index in [1.807, 2.05) is 0 Å². The number of ether oxygens (including phenoxy) is 1. The van der Waals surface area contributed by atoms with Gasteiger partial charge in [-0.25, -0.2) is 0 Å². The molecule has 0 spiro atoms. The van der Waals surface area contributed by atoms with Crippen LogP contribution in [-0.2, 0) is 9.53 Å². The van der Waals surface area contributed by atoms with E-state index in [1.165, 1.54) is 25.7 Å². The van der Waals surface area contributed by atoms with E-state index in [0.29, 0.717) is 0 Å². The highest BCUT2D eigenvalue weighted by atomic mass is 16.5. The number of hydrogen-bond acceptors (Lipinski definition) is 2. The molecule has 1 amide bonds. The Morgan fingerprint density at radius 1 is 1.50 bits per heavy atom. The number of hydrogen-bond donors (Lipinski definition) is 0. The van der Waals surface area contributed by atoms with E-state index in [-0.39, 0.29) is 12.0 Å². The molecule has 0 N–H and O–H groups in total. The van der Waals surface area contributed by atoms with Crippen molar-refractivity contribution in [1.82, 2.24) is 0 Å². The maximum absolute atomic E-state index is 10.9. The van der Waals surface area contributed by atoms with Crippen LogP contribution in [0.4, 0.5) is 0 Å². The molecule has 0 saturated carbocycles. The van der Waals surface area contributed by atoms with Gasteiger partial charge in [-0.3, -0.25) is 4.79 Å². The molecule has 12 heavy (non-hydrogen) atoms. The molecule has 1 aliphatic rings. The van der Waals surface area contributed by atoms with Crippen LogP contribution >= 0.6 is 0 Å². The first-order chi connectivity index (χ1) is 5.84. The second kappa shape index (κ2) is 4.91. The second-order valence-electron chi connectivity index (χ2n) is 3.05. The zero-order valence-electron chi connectivity index (χ0n) is 7.45. The van der Waals surface area contributed by atoms with Crippen LogP contribution in [-0.4, -0.2) is 18.4 Å². The number of rotatable bonds is 5. The maximum atomic E-state index is 10.9. The summed E-state index contributed by atoms with van der Waals surface area (Å²) in [6.45, 7) is 2.17. The lowest BCUT2D eigenvalue weighted by atomic mass is 10.1. The Bertz CT molecular complexity index is 177. The summed E-state index contributed by atoms with van der Waals surface area (Å²) in [5.41, 5.74) is 0. The largest absolute Gasteiger partial charge is 0.470 e. The van der Waals surface area contributed by atoms with Crippen LogP contribution in [0, 0.1) is 0 Å². The van der Waals surface area contributed by atoms with E-state index in [4.69, 9.17) is 4.74 Å². The van der Waals surface area contributed by atoms with E-state index in [1.54, 1.807) is 0 Å². The molecule has 0 bridgehead atoms. The van der Waals surface area contributed by atoms with Gasteiger partial charge in [0.1, 0.15) is 0 Å². The first kappa shape index (κ1) is 9.23. The summed E-state index contributed by atoms with van der Waals surface area (Å²) in [5.74, 6) is -0.119. The lowest BCUT2D eigenvalue weighted by Crippen LogP contribution is -2.15. The third-order valence-electron chi connectivity index (χ3n) is 2.00. The smallest absolute Gasteiger partial charge is 0.289 e. The molecule has 68 valence electrons. The summed E-state index contributed by atoms with van der Waals surface area (Å²) < 4.78 is 5.00. The number of nitrogens with zero attached hydrogens (tertiary/aromatic N) is 1. The van der Waals surface area contributed by atoms with Gasteiger partial charge in [-0.1, -0.05) is 26.2 Å². The molecule has 0 unspecified atom stereocenters. The van der Waals surface area contributed by atoms with Crippen LogP contribution < -0.4 is 0 Å². The zero-order chi connectivity index (χ0) is 8.81. The maximum Gasteiger partial charge on any atom is 0.289 e. The number of aliphatic imine (C=N–C) groups is 1. The molecule has 1 aliphatic heterocycles. The van der Waals surface area contributed by atoms with Crippen molar-refractivity contribution >= 4 is 12.3 Å². The lowest BCUT2D eigenvalue weighted by Gasteiger charge is -2.05. The van der Waals surface area contributed by atoms with E-state index >= 15 is 0 Å². The average molecular weight is 169 g/mol. The molecule has 1 heterocycles. The molecular formula is C9H15NO2. The fraction of sp³-hybridized carbons (Fsp3) is 0.778. The van der Waals surface area contributed by atoms with E-state index in [9.17, 15) is 4.79 Å². The van der Waals surface area contributed by atoms with Gasteiger partial charge in [-0.2, -0.15) is 4.99 Å². The molecule has 1 atom stereocenters. The standard InChI is InChI=1S/C9H15NO2/c1-2-3-4-5-6-8-9(11)10-7-12-8/h7-8H,2-6H2,1H3/t8-/m1/s1. The van der Waals surface area contributed by atoms with Gasteiger partial charge in [0.25, 0.3) is 5.91 Å². The van der Waals surface area contributed by atoms with Gasteiger partial charge in [-0.05, 0) is 12.8 Å². The number of unbranched alkanes of at least 4 members (excludes halogenated alkanes) is 3. The molecule has 0 aliphatic carbocycles. The Morgan fingerprint density at radius 3 is 2.92 bits per heavy atom. The fourth-order valence-electron chi connectivity index (χ4n) is 1.25. The predicted molar refractivity (Wildman–Crippen MR) is 47.1 cm³/mol. The van der Waals surface area contributed by atoms with Crippen molar-refractivity contribution in [3.8, 4) is 0 Å². The summed E-state index contributed by atoms with van der Waals surface area (Å²) in [4.78, 5) is 14.4. The van der Waals surface area contributed by atoms with Gasteiger partial charge in [0.05, 0.1) is 0 Å². The quantitative estimate of drug-likeness (QED) is 0.590. The SMILES string of the molecule is CCCCCC[C@H]1OC=NC1=O. The Morgan fingerprint density at radius 2 is 2.33 bits per heavy atom. The topological polar surface area (TPSA) is 38.7 Å². The summed E-state index contributed by atoms with van der Waals surface area (Å²) in [6.07, 6.45) is 6.50. The van der Waals surface area contributed by atoms with Crippen molar-refractivity contribution in [2.75, 3.05) is 0 Å². The van der Waals surface area contributed by atoms with Gasteiger partial charge in [0, 0.05) is 0 Å². The minimum absolute atomic E-state index is 0.119. The number of carbonyl (C=O) groups excluding carboxylic acids is 1. The van der Waals surface area contributed by atoms with Crippen molar-refractivity contribution in [2.24, 2.45) is 4.99 Å². The molecule has 0 aromatic rings. The molecule has 3 nitrogen and oxygen atoms in total.